The molecule has 0 aromatic heterocycles. The van der Waals surface area contributed by atoms with Gasteiger partial charge < -0.3 is 9.47 Å². The molecule has 2 aromatic rings. The number of amides is 2. The lowest BCUT2D eigenvalue weighted by molar-refractivity contribution is 0.0487. The summed E-state index contributed by atoms with van der Waals surface area (Å²) in [4.78, 5) is 50.2. The molecule has 0 saturated heterocycles. The van der Waals surface area contributed by atoms with Crippen LogP contribution in [0.2, 0.25) is 0 Å². The molecule has 0 fully saturated rings. The van der Waals surface area contributed by atoms with E-state index in [1.54, 1.807) is 0 Å². The molecule has 0 unspecified atom stereocenters. The first kappa shape index (κ1) is 20.3. The first-order valence-corrected chi connectivity index (χ1v) is 9.21. The van der Waals surface area contributed by atoms with Crippen molar-refractivity contribution in [3.05, 3.63) is 64.7 Å². The molecule has 1 aliphatic heterocycles. The van der Waals surface area contributed by atoms with E-state index in [-0.39, 0.29) is 16.7 Å². The van der Waals surface area contributed by atoms with Gasteiger partial charge in [-0.25, -0.2) is 14.5 Å². The molecule has 29 heavy (non-hydrogen) atoms. The number of nitrogens with zero attached hydrogens (tertiary/aromatic N) is 1. The van der Waals surface area contributed by atoms with Gasteiger partial charge in [-0.05, 0) is 54.8 Å². The fraction of sp³-hybridized carbons (Fsp3) is 0.273. The summed E-state index contributed by atoms with van der Waals surface area (Å²) in [5.41, 5.74) is 1.19. The van der Waals surface area contributed by atoms with Crippen LogP contribution in [0.25, 0.3) is 0 Å². The van der Waals surface area contributed by atoms with Crippen LogP contribution in [0.1, 0.15) is 61.7 Å². The lowest BCUT2D eigenvalue weighted by Crippen LogP contribution is -2.29. The van der Waals surface area contributed by atoms with E-state index in [2.05, 4.69) is 4.74 Å². The summed E-state index contributed by atoms with van der Waals surface area (Å²) in [6, 6.07) is 10.3. The zero-order chi connectivity index (χ0) is 21.1. The summed E-state index contributed by atoms with van der Waals surface area (Å²) < 4.78 is 9.87. The van der Waals surface area contributed by atoms with Gasteiger partial charge in [0.15, 0.2) is 0 Å². The van der Waals surface area contributed by atoms with Crippen LogP contribution in [0.5, 0.6) is 0 Å². The molecule has 150 valence electrons. The average Bonchev–Trinajstić information content (AvgIpc) is 2.97. The van der Waals surface area contributed by atoms with E-state index in [1.165, 1.54) is 49.6 Å². The number of fused-ring (bicyclic) bond motifs is 1. The molecule has 2 aromatic carbocycles. The molecule has 2 amide bonds. The van der Waals surface area contributed by atoms with Crippen LogP contribution in [0.3, 0.4) is 0 Å². The summed E-state index contributed by atoms with van der Waals surface area (Å²) in [5, 5.41) is 0. The predicted molar refractivity (Wildman–Crippen MR) is 105 cm³/mol. The number of hydrogen-bond acceptors (Lipinski definition) is 6. The lowest BCUT2D eigenvalue weighted by atomic mass is 10.1. The van der Waals surface area contributed by atoms with Gasteiger partial charge in [0, 0.05) is 0 Å². The number of benzene rings is 2. The zero-order valence-electron chi connectivity index (χ0n) is 16.4. The molecule has 0 aliphatic carbocycles. The van der Waals surface area contributed by atoms with Crippen molar-refractivity contribution in [3.8, 4) is 0 Å². The third-order valence-electron chi connectivity index (χ3n) is 4.60. The SMILES string of the molecule is COC(=O)c1ccc2c(c1)C(=O)N(c1ccc(C(=O)OCCC(C)C)cc1)C2=O. The summed E-state index contributed by atoms with van der Waals surface area (Å²) >= 11 is 0. The Kier molecular flexibility index (Phi) is 5.77. The largest absolute Gasteiger partial charge is 0.465 e. The van der Waals surface area contributed by atoms with E-state index < -0.39 is 23.8 Å². The van der Waals surface area contributed by atoms with Gasteiger partial charge in [0.05, 0.1) is 41.7 Å². The Morgan fingerprint density at radius 1 is 0.897 bits per heavy atom. The number of anilines is 1. The number of hydrogen-bond donors (Lipinski definition) is 0. The van der Waals surface area contributed by atoms with Gasteiger partial charge in [0.2, 0.25) is 0 Å². The second kappa shape index (κ2) is 8.26. The quantitative estimate of drug-likeness (QED) is 0.549. The van der Waals surface area contributed by atoms with Crippen LogP contribution in [-0.2, 0) is 9.47 Å². The Hall–Kier alpha value is -3.48. The van der Waals surface area contributed by atoms with Crippen molar-refractivity contribution in [2.75, 3.05) is 18.6 Å². The van der Waals surface area contributed by atoms with Gasteiger partial charge in [-0.3, -0.25) is 9.59 Å². The number of esters is 2. The number of imide groups is 1. The fourth-order valence-corrected chi connectivity index (χ4v) is 2.94. The van der Waals surface area contributed by atoms with Crippen LogP contribution in [-0.4, -0.2) is 37.5 Å². The van der Waals surface area contributed by atoms with Crippen molar-refractivity contribution >= 4 is 29.4 Å². The second-order valence-electron chi connectivity index (χ2n) is 7.06. The Labute approximate surface area is 168 Å². The maximum Gasteiger partial charge on any atom is 0.338 e. The Bertz CT molecular complexity index is 977. The molecule has 0 spiro atoms. The van der Waals surface area contributed by atoms with E-state index in [0.29, 0.717) is 23.8 Å². The molecule has 1 aliphatic rings. The first-order valence-electron chi connectivity index (χ1n) is 9.21. The molecule has 1 heterocycles. The Morgan fingerprint density at radius 2 is 1.52 bits per heavy atom. The molecular formula is C22H21NO6. The first-order chi connectivity index (χ1) is 13.8. The third-order valence-corrected chi connectivity index (χ3v) is 4.60. The molecule has 7 nitrogen and oxygen atoms in total. The van der Waals surface area contributed by atoms with E-state index >= 15 is 0 Å². The van der Waals surface area contributed by atoms with Crippen LogP contribution in [0, 0.1) is 5.92 Å². The molecule has 0 atom stereocenters. The highest BCUT2D eigenvalue weighted by Crippen LogP contribution is 2.29. The highest BCUT2D eigenvalue weighted by molar-refractivity contribution is 6.34. The third kappa shape index (κ3) is 4.03. The fourth-order valence-electron chi connectivity index (χ4n) is 2.94. The Balaban J connectivity index is 1.79. The van der Waals surface area contributed by atoms with Gasteiger partial charge in [-0.15, -0.1) is 0 Å². The second-order valence-corrected chi connectivity index (χ2v) is 7.06. The van der Waals surface area contributed by atoms with Gasteiger partial charge in [0.1, 0.15) is 0 Å². The number of carbonyl (C=O) groups excluding carboxylic acids is 4. The minimum absolute atomic E-state index is 0.134. The highest BCUT2D eigenvalue weighted by atomic mass is 16.5. The van der Waals surface area contributed by atoms with Gasteiger partial charge in [-0.1, -0.05) is 13.8 Å². The van der Waals surface area contributed by atoms with E-state index in [4.69, 9.17) is 4.74 Å². The molecule has 0 bridgehead atoms. The summed E-state index contributed by atoms with van der Waals surface area (Å²) in [6.07, 6.45) is 0.770. The molecule has 3 rings (SSSR count). The summed E-state index contributed by atoms with van der Waals surface area (Å²) in [7, 11) is 1.24. The molecule has 0 N–H and O–H groups in total. The standard InChI is InChI=1S/C22H21NO6/c1-13(2)10-11-29-22(27)14-4-7-16(8-5-14)23-19(24)17-9-6-15(21(26)28-3)12-18(17)20(23)25/h4-9,12-13H,10-11H2,1-3H3. The molecular weight excluding hydrogens is 374 g/mol. The van der Waals surface area contributed by atoms with Crippen molar-refractivity contribution in [1.82, 2.24) is 0 Å². The van der Waals surface area contributed by atoms with E-state index in [1.807, 2.05) is 13.8 Å². The minimum Gasteiger partial charge on any atom is -0.465 e. The minimum atomic E-state index is -0.591. The molecule has 0 saturated carbocycles. The van der Waals surface area contributed by atoms with Crippen molar-refractivity contribution in [3.63, 3.8) is 0 Å². The lowest BCUT2D eigenvalue weighted by Gasteiger charge is -2.14. The number of methoxy groups -OCH3 is 1. The van der Waals surface area contributed by atoms with Crippen LogP contribution >= 0.6 is 0 Å². The zero-order valence-corrected chi connectivity index (χ0v) is 16.4. The topological polar surface area (TPSA) is 90.0 Å². The van der Waals surface area contributed by atoms with Gasteiger partial charge in [0.25, 0.3) is 11.8 Å². The number of rotatable bonds is 6. The Morgan fingerprint density at radius 3 is 2.14 bits per heavy atom. The van der Waals surface area contributed by atoms with Crippen LogP contribution in [0.4, 0.5) is 5.69 Å². The highest BCUT2D eigenvalue weighted by Gasteiger charge is 2.37. The maximum absolute atomic E-state index is 12.8. The van der Waals surface area contributed by atoms with Crippen molar-refractivity contribution in [2.24, 2.45) is 5.92 Å². The number of ether oxygens (including phenoxy) is 2. The predicted octanol–water partition coefficient (Wildman–Crippen LogP) is 3.48. The van der Waals surface area contributed by atoms with Crippen molar-refractivity contribution in [2.45, 2.75) is 20.3 Å². The summed E-state index contributed by atoms with van der Waals surface area (Å²) in [6.45, 7) is 4.41. The molecule has 7 heteroatoms. The van der Waals surface area contributed by atoms with Crippen LogP contribution < -0.4 is 4.90 Å². The van der Waals surface area contributed by atoms with Crippen molar-refractivity contribution < 1.29 is 28.7 Å². The van der Waals surface area contributed by atoms with E-state index in [0.717, 1.165) is 11.3 Å². The summed E-state index contributed by atoms with van der Waals surface area (Å²) in [5.74, 6) is -1.65. The maximum atomic E-state index is 12.8. The molecule has 0 radical (unpaired) electrons. The number of carbonyl (C=O) groups is 4. The van der Waals surface area contributed by atoms with Crippen molar-refractivity contribution in [1.29, 1.82) is 0 Å². The van der Waals surface area contributed by atoms with Crippen LogP contribution in [0.15, 0.2) is 42.5 Å². The average molecular weight is 395 g/mol. The monoisotopic (exact) mass is 395 g/mol. The smallest absolute Gasteiger partial charge is 0.338 e. The van der Waals surface area contributed by atoms with Gasteiger partial charge in [-0.2, -0.15) is 0 Å². The normalized spacial score (nSPS) is 12.9. The van der Waals surface area contributed by atoms with E-state index in [9.17, 15) is 19.2 Å². The van der Waals surface area contributed by atoms with Gasteiger partial charge >= 0.3 is 11.9 Å².